The number of rotatable bonds is 3. The minimum Gasteiger partial charge on any atom is -0.300 e. The van der Waals surface area contributed by atoms with Crippen LogP contribution in [0.4, 0.5) is 0 Å². The third-order valence-corrected chi connectivity index (χ3v) is 4.69. The first-order chi connectivity index (χ1) is 10.6. The normalized spacial score (nSPS) is 17.6. The van der Waals surface area contributed by atoms with Gasteiger partial charge in [-0.15, -0.1) is 0 Å². The van der Waals surface area contributed by atoms with Crippen molar-refractivity contribution >= 4 is 5.71 Å². The van der Waals surface area contributed by atoms with E-state index >= 15 is 0 Å². The highest BCUT2D eigenvalue weighted by Crippen LogP contribution is 2.39. The van der Waals surface area contributed by atoms with Gasteiger partial charge in [-0.3, -0.25) is 5.41 Å². The summed E-state index contributed by atoms with van der Waals surface area (Å²) in [6.45, 7) is 6.56. The standard InChI is InChI=1S/C21H21N/c1-14-13-20(16(3)15(14)2)18-11-7-8-12-19(18)21(22)17-9-5-4-6-10-17/h4-13,20,22H,1-3H3. The molecule has 1 N–H and O–H groups in total. The Labute approximate surface area is 132 Å². The van der Waals surface area contributed by atoms with E-state index in [1.54, 1.807) is 0 Å². The Hall–Kier alpha value is -2.41. The molecule has 1 heteroatoms. The van der Waals surface area contributed by atoms with E-state index < -0.39 is 0 Å². The zero-order chi connectivity index (χ0) is 15.7. The van der Waals surface area contributed by atoms with Crippen molar-refractivity contribution in [3.63, 3.8) is 0 Å². The molecule has 0 spiro atoms. The van der Waals surface area contributed by atoms with Crippen molar-refractivity contribution in [1.82, 2.24) is 0 Å². The summed E-state index contributed by atoms with van der Waals surface area (Å²) in [5.74, 6) is 0.292. The van der Waals surface area contributed by atoms with E-state index in [4.69, 9.17) is 5.41 Å². The summed E-state index contributed by atoms with van der Waals surface area (Å²) in [7, 11) is 0. The van der Waals surface area contributed by atoms with Gasteiger partial charge in [0, 0.05) is 17.0 Å². The van der Waals surface area contributed by atoms with Crippen LogP contribution in [0.5, 0.6) is 0 Å². The second kappa shape index (κ2) is 5.76. The Kier molecular flexibility index (Phi) is 3.81. The fraction of sp³-hybridized carbons (Fsp3) is 0.190. The lowest BCUT2D eigenvalue weighted by molar-refractivity contribution is 0.998. The minimum atomic E-state index is 0.292. The van der Waals surface area contributed by atoms with Crippen LogP contribution in [0.2, 0.25) is 0 Å². The maximum Gasteiger partial charge on any atom is 0.0687 e. The first-order valence-electron chi connectivity index (χ1n) is 7.69. The van der Waals surface area contributed by atoms with Crippen molar-refractivity contribution in [3.8, 4) is 0 Å². The van der Waals surface area contributed by atoms with E-state index in [-0.39, 0.29) is 0 Å². The summed E-state index contributed by atoms with van der Waals surface area (Å²) in [6, 6.07) is 18.3. The summed E-state index contributed by atoms with van der Waals surface area (Å²) in [4.78, 5) is 0. The number of nitrogens with one attached hydrogen (secondary N) is 1. The van der Waals surface area contributed by atoms with Crippen molar-refractivity contribution in [2.75, 3.05) is 0 Å². The van der Waals surface area contributed by atoms with Gasteiger partial charge in [-0.05, 0) is 31.9 Å². The topological polar surface area (TPSA) is 23.9 Å². The van der Waals surface area contributed by atoms with E-state index in [1.165, 1.54) is 22.3 Å². The Bertz CT molecular complexity index is 779. The Morgan fingerprint density at radius 1 is 0.864 bits per heavy atom. The van der Waals surface area contributed by atoms with Gasteiger partial charge in [0.05, 0.1) is 5.71 Å². The van der Waals surface area contributed by atoms with Gasteiger partial charge < -0.3 is 0 Å². The van der Waals surface area contributed by atoms with Crippen LogP contribution < -0.4 is 0 Å². The van der Waals surface area contributed by atoms with Gasteiger partial charge in [-0.1, -0.05) is 71.8 Å². The molecule has 2 aromatic carbocycles. The largest absolute Gasteiger partial charge is 0.300 e. The van der Waals surface area contributed by atoms with Gasteiger partial charge in [-0.2, -0.15) is 0 Å². The Morgan fingerprint density at radius 2 is 1.50 bits per heavy atom. The molecule has 22 heavy (non-hydrogen) atoms. The van der Waals surface area contributed by atoms with E-state index in [0.717, 1.165) is 11.1 Å². The molecule has 0 saturated carbocycles. The van der Waals surface area contributed by atoms with Crippen molar-refractivity contribution in [3.05, 3.63) is 94.1 Å². The summed E-state index contributed by atoms with van der Waals surface area (Å²) < 4.78 is 0. The SMILES string of the molecule is CC1=CC(c2ccccc2C(=N)c2ccccc2)C(C)=C1C. The van der Waals surface area contributed by atoms with Crippen LogP contribution in [0.25, 0.3) is 0 Å². The molecule has 110 valence electrons. The molecule has 0 fully saturated rings. The maximum atomic E-state index is 8.61. The zero-order valence-corrected chi connectivity index (χ0v) is 13.4. The maximum absolute atomic E-state index is 8.61. The average Bonchev–Trinajstić information content (AvgIpc) is 2.82. The van der Waals surface area contributed by atoms with Gasteiger partial charge >= 0.3 is 0 Å². The monoisotopic (exact) mass is 287 g/mol. The van der Waals surface area contributed by atoms with Crippen molar-refractivity contribution in [2.45, 2.75) is 26.7 Å². The Morgan fingerprint density at radius 3 is 2.14 bits per heavy atom. The van der Waals surface area contributed by atoms with E-state index in [2.05, 4.69) is 45.0 Å². The lowest BCUT2D eigenvalue weighted by atomic mass is 9.87. The quantitative estimate of drug-likeness (QED) is 0.722. The number of benzene rings is 2. The zero-order valence-electron chi connectivity index (χ0n) is 13.4. The van der Waals surface area contributed by atoms with Gasteiger partial charge in [0.2, 0.25) is 0 Å². The Balaban J connectivity index is 2.08. The minimum absolute atomic E-state index is 0.292. The lowest BCUT2D eigenvalue weighted by Crippen LogP contribution is -2.08. The molecular weight excluding hydrogens is 266 g/mol. The molecule has 2 aromatic rings. The van der Waals surface area contributed by atoms with Crippen LogP contribution in [0.3, 0.4) is 0 Å². The van der Waals surface area contributed by atoms with E-state index in [9.17, 15) is 0 Å². The highest BCUT2D eigenvalue weighted by molar-refractivity contribution is 6.11. The predicted octanol–water partition coefficient (Wildman–Crippen LogP) is 5.48. The van der Waals surface area contributed by atoms with E-state index in [0.29, 0.717) is 11.6 Å². The molecule has 0 aliphatic heterocycles. The first-order valence-corrected chi connectivity index (χ1v) is 7.69. The van der Waals surface area contributed by atoms with Gasteiger partial charge in [0.25, 0.3) is 0 Å². The summed E-state index contributed by atoms with van der Waals surface area (Å²) in [5.41, 5.74) is 7.94. The second-order valence-electron chi connectivity index (χ2n) is 5.96. The molecule has 3 rings (SSSR count). The number of hydrogen-bond donors (Lipinski definition) is 1. The molecule has 1 aliphatic rings. The van der Waals surface area contributed by atoms with Crippen LogP contribution in [0, 0.1) is 5.41 Å². The number of hydrogen-bond acceptors (Lipinski definition) is 1. The summed E-state index contributed by atoms with van der Waals surface area (Å²) in [5, 5.41) is 8.61. The van der Waals surface area contributed by atoms with Crippen LogP contribution >= 0.6 is 0 Å². The van der Waals surface area contributed by atoms with Crippen LogP contribution in [0.15, 0.2) is 77.4 Å². The highest BCUT2D eigenvalue weighted by Gasteiger charge is 2.23. The van der Waals surface area contributed by atoms with Crippen LogP contribution in [-0.2, 0) is 0 Å². The summed E-state index contributed by atoms with van der Waals surface area (Å²) in [6.07, 6.45) is 2.32. The fourth-order valence-corrected chi connectivity index (χ4v) is 3.12. The molecule has 1 nitrogen and oxygen atoms in total. The third kappa shape index (κ3) is 2.43. The van der Waals surface area contributed by atoms with Gasteiger partial charge in [-0.25, -0.2) is 0 Å². The molecule has 0 heterocycles. The molecule has 0 aromatic heterocycles. The first kappa shape index (κ1) is 14.5. The average molecular weight is 287 g/mol. The molecule has 0 amide bonds. The molecule has 0 bridgehead atoms. The molecular formula is C21H21N. The fourth-order valence-electron chi connectivity index (χ4n) is 3.12. The van der Waals surface area contributed by atoms with Crippen LogP contribution in [0.1, 0.15) is 43.4 Å². The van der Waals surface area contributed by atoms with Crippen molar-refractivity contribution in [1.29, 1.82) is 5.41 Å². The van der Waals surface area contributed by atoms with Gasteiger partial charge in [0.1, 0.15) is 0 Å². The molecule has 0 saturated heterocycles. The lowest BCUT2D eigenvalue weighted by Gasteiger charge is -2.17. The summed E-state index contributed by atoms with van der Waals surface area (Å²) >= 11 is 0. The molecule has 1 unspecified atom stereocenters. The third-order valence-electron chi connectivity index (χ3n) is 4.69. The second-order valence-corrected chi connectivity index (χ2v) is 5.96. The van der Waals surface area contributed by atoms with E-state index in [1.807, 2.05) is 36.4 Å². The van der Waals surface area contributed by atoms with Crippen molar-refractivity contribution in [2.24, 2.45) is 0 Å². The highest BCUT2D eigenvalue weighted by atomic mass is 14.4. The predicted molar refractivity (Wildman–Crippen MR) is 93.7 cm³/mol. The van der Waals surface area contributed by atoms with Crippen LogP contribution in [-0.4, -0.2) is 5.71 Å². The smallest absolute Gasteiger partial charge is 0.0687 e. The number of allylic oxidation sites excluding steroid dienone is 4. The molecule has 0 radical (unpaired) electrons. The van der Waals surface area contributed by atoms with Gasteiger partial charge in [0.15, 0.2) is 0 Å². The van der Waals surface area contributed by atoms with Crippen molar-refractivity contribution < 1.29 is 0 Å². The molecule has 1 atom stereocenters. The molecule has 1 aliphatic carbocycles.